The molecular formula is C21H21Cl2N3O5. The molecule has 0 saturated carbocycles. The van der Waals surface area contributed by atoms with E-state index in [1.165, 1.54) is 18.2 Å². The summed E-state index contributed by atoms with van der Waals surface area (Å²) in [5.74, 6) is -0.728. The molecule has 0 spiro atoms. The highest BCUT2D eigenvalue weighted by atomic mass is 35.5. The van der Waals surface area contributed by atoms with E-state index in [4.69, 9.17) is 27.9 Å². The molecule has 2 amide bonds. The van der Waals surface area contributed by atoms with Gasteiger partial charge in [0.05, 0.1) is 27.7 Å². The fourth-order valence-electron chi connectivity index (χ4n) is 3.22. The molecule has 0 aliphatic carbocycles. The molecule has 1 aliphatic heterocycles. The molecule has 8 nitrogen and oxygen atoms in total. The van der Waals surface area contributed by atoms with Crippen molar-refractivity contribution < 1.29 is 19.2 Å². The van der Waals surface area contributed by atoms with Gasteiger partial charge in [-0.1, -0.05) is 23.2 Å². The summed E-state index contributed by atoms with van der Waals surface area (Å²) >= 11 is 12.3. The Hall–Kier alpha value is -2.84. The minimum absolute atomic E-state index is 0.123. The highest BCUT2D eigenvalue weighted by Crippen LogP contribution is 2.34. The van der Waals surface area contributed by atoms with Crippen LogP contribution >= 0.6 is 23.2 Å². The van der Waals surface area contributed by atoms with Crippen LogP contribution in [0.1, 0.15) is 53.5 Å². The van der Waals surface area contributed by atoms with E-state index in [1.54, 1.807) is 26.8 Å². The first-order valence-corrected chi connectivity index (χ1v) is 10.3. The third kappa shape index (κ3) is 4.75. The van der Waals surface area contributed by atoms with Crippen molar-refractivity contribution in [1.82, 2.24) is 10.4 Å². The summed E-state index contributed by atoms with van der Waals surface area (Å²) in [5.41, 5.74) is 1.93. The topological polar surface area (TPSA) is 102 Å². The van der Waals surface area contributed by atoms with Gasteiger partial charge in [-0.05, 0) is 57.9 Å². The molecule has 2 aromatic carbocycles. The van der Waals surface area contributed by atoms with E-state index in [9.17, 15) is 19.7 Å². The lowest BCUT2D eigenvalue weighted by atomic mass is 10.0. The molecule has 1 N–H and O–H groups in total. The second kappa shape index (κ2) is 8.72. The fraction of sp³-hybridized carbons (Fsp3) is 0.333. The summed E-state index contributed by atoms with van der Waals surface area (Å²) in [7, 11) is 0. The lowest BCUT2D eigenvalue weighted by Gasteiger charge is -2.35. The van der Waals surface area contributed by atoms with E-state index in [0.717, 1.165) is 23.1 Å². The zero-order chi connectivity index (χ0) is 22.9. The van der Waals surface area contributed by atoms with Crippen LogP contribution in [0.3, 0.4) is 0 Å². The number of carbonyl (C=O) groups is 2. The normalized spacial score (nSPS) is 13.1. The maximum Gasteiger partial charge on any atom is 0.283 e. The van der Waals surface area contributed by atoms with Crippen molar-refractivity contribution >= 4 is 40.7 Å². The number of carbonyl (C=O) groups excluding carboxylic acids is 2. The van der Waals surface area contributed by atoms with Gasteiger partial charge in [0.1, 0.15) is 11.3 Å². The Morgan fingerprint density at radius 1 is 1.16 bits per heavy atom. The van der Waals surface area contributed by atoms with Crippen LogP contribution in [0.25, 0.3) is 0 Å². The van der Waals surface area contributed by atoms with Crippen molar-refractivity contribution in [2.45, 2.75) is 39.2 Å². The molecule has 0 fully saturated rings. The van der Waals surface area contributed by atoms with Crippen molar-refractivity contribution in [3.63, 3.8) is 0 Å². The molecule has 10 heteroatoms. The van der Waals surface area contributed by atoms with Gasteiger partial charge in [-0.15, -0.1) is 0 Å². The molecular weight excluding hydrogens is 445 g/mol. The Morgan fingerprint density at radius 3 is 2.48 bits per heavy atom. The molecule has 0 saturated heterocycles. The summed E-state index contributed by atoms with van der Waals surface area (Å²) in [4.78, 5) is 37.0. The number of hydrogen-bond acceptors (Lipinski definition) is 5. The smallest absolute Gasteiger partial charge is 0.283 e. The van der Waals surface area contributed by atoms with Gasteiger partial charge in [0.15, 0.2) is 0 Å². The second-order valence-electron chi connectivity index (χ2n) is 8.03. The number of ether oxygens (including phenoxy) is 1. The quantitative estimate of drug-likeness (QED) is 0.517. The maximum absolute atomic E-state index is 13.2. The predicted octanol–water partition coefficient (Wildman–Crippen LogP) is 4.81. The van der Waals surface area contributed by atoms with Gasteiger partial charge >= 0.3 is 0 Å². The van der Waals surface area contributed by atoms with Crippen LogP contribution in [0.15, 0.2) is 30.3 Å². The Kier molecular flexibility index (Phi) is 6.43. The summed E-state index contributed by atoms with van der Waals surface area (Å²) in [6.45, 7) is 5.65. The molecule has 0 aromatic heterocycles. The number of amides is 2. The third-order valence-electron chi connectivity index (χ3n) is 4.75. The third-order valence-corrected chi connectivity index (χ3v) is 5.41. The van der Waals surface area contributed by atoms with Gasteiger partial charge in [0, 0.05) is 16.7 Å². The highest BCUT2D eigenvalue weighted by Gasteiger charge is 2.34. The molecule has 2 aromatic rings. The van der Waals surface area contributed by atoms with Crippen molar-refractivity contribution in [2.75, 3.05) is 6.61 Å². The van der Waals surface area contributed by atoms with Crippen molar-refractivity contribution in [2.24, 2.45) is 0 Å². The first kappa shape index (κ1) is 22.8. The maximum atomic E-state index is 13.2. The molecule has 0 bridgehead atoms. The largest absolute Gasteiger partial charge is 0.493 e. The van der Waals surface area contributed by atoms with E-state index in [0.29, 0.717) is 18.8 Å². The van der Waals surface area contributed by atoms with Gasteiger partial charge < -0.3 is 4.74 Å². The van der Waals surface area contributed by atoms with Crippen LogP contribution in [-0.4, -0.2) is 33.9 Å². The molecule has 0 radical (unpaired) electrons. The Morgan fingerprint density at radius 2 is 1.84 bits per heavy atom. The molecule has 31 heavy (non-hydrogen) atoms. The number of fused-ring (bicyclic) bond motifs is 1. The zero-order valence-electron chi connectivity index (χ0n) is 17.2. The summed E-state index contributed by atoms with van der Waals surface area (Å²) in [6.07, 6.45) is 1.46. The Labute approximate surface area is 189 Å². The zero-order valence-corrected chi connectivity index (χ0v) is 18.7. The average molecular weight is 466 g/mol. The minimum atomic E-state index is -0.899. The fourth-order valence-corrected chi connectivity index (χ4v) is 3.72. The highest BCUT2D eigenvalue weighted by molar-refractivity contribution is 6.35. The average Bonchev–Trinajstić information content (AvgIpc) is 2.71. The van der Waals surface area contributed by atoms with Crippen LogP contribution in [0, 0.1) is 10.1 Å². The Balaban J connectivity index is 1.96. The van der Waals surface area contributed by atoms with Crippen molar-refractivity contribution in [3.05, 3.63) is 67.2 Å². The van der Waals surface area contributed by atoms with Crippen LogP contribution in [-0.2, 0) is 6.42 Å². The monoisotopic (exact) mass is 465 g/mol. The first-order valence-electron chi connectivity index (χ1n) is 9.54. The van der Waals surface area contributed by atoms with Crippen molar-refractivity contribution in [1.29, 1.82) is 0 Å². The standard InChI is InChI=1S/C21H21Cl2N3O5/c1-21(2,3)25(20(28)13-7-6-12(22)11-16(13)26(29)30)24-19(27)15-8-9-17-14(18(15)23)5-4-10-31-17/h6-9,11H,4-5,10H2,1-3H3,(H,24,27). The Bertz CT molecular complexity index is 1070. The second-order valence-corrected chi connectivity index (χ2v) is 8.84. The lowest BCUT2D eigenvalue weighted by molar-refractivity contribution is -0.385. The number of rotatable bonds is 3. The number of benzene rings is 2. The van der Waals surface area contributed by atoms with Gasteiger partial charge in [-0.25, -0.2) is 5.01 Å². The van der Waals surface area contributed by atoms with Gasteiger partial charge in [0.25, 0.3) is 17.5 Å². The van der Waals surface area contributed by atoms with E-state index < -0.39 is 28.0 Å². The number of nitrogens with zero attached hydrogens (tertiary/aromatic N) is 2. The van der Waals surface area contributed by atoms with Gasteiger partial charge in [-0.3, -0.25) is 25.1 Å². The lowest BCUT2D eigenvalue weighted by Crippen LogP contribution is -2.56. The van der Waals surface area contributed by atoms with Crippen LogP contribution in [0.4, 0.5) is 5.69 Å². The van der Waals surface area contributed by atoms with Gasteiger partial charge in [0.2, 0.25) is 0 Å². The molecule has 0 atom stereocenters. The van der Waals surface area contributed by atoms with E-state index in [1.807, 2.05) is 0 Å². The number of halogens is 2. The summed E-state index contributed by atoms with van der Waals surface area (Å²) in [6, 6.07) is 6.93. The summed E-state index contributed by atoms with van der Waals surface area (Å²) < 4.78 is 5.56. The number of hydrazine groups is 1. The molecule has 1 heterocycles. The van der Waals surface area contributed by atoms with Crippen LogP contribution in [0.2, 0.25) is 10.0 Å². The molecule has 0 unspecified atom stereocenters. The predicted molar refractivity (Wildman–Crippen MR) is 117 cm³/mol. The van der Waals surface area contributed by atoms with E-state index in [2.05, 4.69) is 5.43 Å². The first-order chi connectivity index (χ1) is 14.5. The number of hydrogen-bond donors (Lipinski definition) is 1. The van der Waals surface area contributed by atoms with E-state index in [-0.39, 0.29) is 21.2 Å². The summed E-state index contributed by atoms with van der Waals surface area (Å²) in [5, 5.41) is 12.9. The molecule has 3 rings (SSSR count). The molecule has 164 valence electrons. The van der Waals surface area contributed by atoms with Crippen molar-refractivity contribution in [3.8, 4) is 5.75 Å². The molecule has 1 aliphatic rings. The van der Waals surface area contributed by atoms with E-state index >= 15 is 0 Å². The minimum Gasteiger partial charge on any atom is -0.493 e. The number of nitro benzene ring substituents is 1. The number of nitrogens with one attached hydrogen (secondary N) is 1. The van der Waals surface area contributed by atoms with Crippen LogP contribution < -0.4 is 10.2 Å². The van der Waals surface area contributed by atoms with Crippen LogP contribution in [0.5, 0.6) is 5.75 Å². The van der Waals surface area contributed by atoms with Gasteiger partial charge in [-0.2, -0.15) is 0 Å². The number of nitro groups is 1. The SMILES string of the molecule is CC(C)(C)N(NC(=O)c1ccc2c(c1Cl)CCCO2)C(=O)c1ccc(Cl)cc1[N+](=O)[O-].